The molecule has 0 spiro atoms. The first kappa shape index (κ1) is 22.5. The summed E-state index contributed by atoms with van der Waals surface area (Å²) in [5.74, 6) is 1.42. The Morgan fingerprint density at radius 2 is 1.76 bits per heavy atom. The van der Waals surface area contributed by atoms with Gasteiger partial charge in [0.05, 0.1) is 17.7 Å². The van der Waals surface area contributed by atoms with Crippen molar-refractivity contribution in [2.75, 3.05) is 32.1 Å². The topological polar surface area (TPSA) is 94.2 Å². The van der Waals surface area contributed by atoms with E-state index in [1.165, 1.54) is 24.1 Å². The zero-order valence-corrected chi connectivity index (χ0v) is 19.1. The number of ether oxygens (including phenoxy) is 3. The molecule has 3 aromatic carbocycles. The van der Waals surface area contributed by atoms with E-state index in [4.69, 9.17) is 14.2 Å². The van der Waals surface area contributed by atoms with E-state index in [-0.39, 0.29) is 16.4 Å². The predicted molar refractivity (Wildman–Crippen MR) is 123 cm³/mol. The molecule has 0 radical (unpaired) electrons. The smallest absolute Gasteiger partial charge is 0.262 e. The first-order valence-electron chi connectivity index (χ1n) is 10.3. The number of carbonyl (C=O) groups excluding carboxylic acids is 1. The number of methoxy groups -OCH3 is 1. The molecule has 1 aliphatic heterocycles. The lowest BCUT2D eigenvalue weighted by Crippen LogP contribution is -2.26. The van der Waals surface area contributed by atoms with Crippen molar-refractivity contribution in [2.24, 2.45) is 0 Å². The Balaban J connectivity index is 1.51. The summed E-state index contributed by atoms with van der Waals surface area (Å²) in [7, 11) is -0.806. The van der Waals surface area contributed by atoms with Crippen LogP contribution in [0.25, 0.3) is 0 Å². The molecule has 1 amide bonds. The molecule has 1 N–H and O–H groups in total. The zero-order valence-electron chi connectivity index (χ0n) is 18.3. The van der Waals surface area contributed by atoms with Crippen molar-refractivity contribution in [3.63, 3.8) is 0 Å². The molecule has 172 valence electrons. The number of hydrogen-bond donors (Lipinski definition) is 1. The Morgan fingerprint density at radius 3 is 2.55 bits per heavy atom. The fourth-order valence-corrected chi connectivity index (χ4v) is 4.60. The normalized spacial score (nSPS) is 12.7. The van der Waals surface area contributed by atoms with Crippen LogP contribution in [0.3, 0.4) is 0 Å². The number of para-hydroxylation sites is 2. The summed E-state index contributed by atoms with van der Waals surface area (Å²) in [5, 5.41) is 0. The van der Waals surface area contributed by atoms with Crippen molar-refractivity contribution in [1.82, 2.24) is 4.90 Å². The van der Waals surface area contributed by atoms with E-state index < -0.39 is 10.0 Å². The minimum Gasteiger partial charge on any atom is -0.495 e. The minimum absolute atomic E-state index is 0.0213. The van der Waals surface area contributed by atoms with E-state index in [9.17, 15) is 13.2 Å². The Bertz CT molecular complexity index is 1280. The third-order valence-corrected chi connectivity index (χ3v) is 6.48. The number of amides is 1. The van der Waals surface area contributed by atoms with E-state index in [0.717, 1.165) is 5.56 Å². The van der Waals surface area contributed by atoms with Crippen molar-refractivity contribution in [3.8, 4) is 17.2 Å². The Hall–Kier alpha value is -3.72. The van der Waals surface area contributed by atoms with Gasteiger partial charge in [0.25, 0.3) is 15.9 Å². The van der Waals surface area contributed by atoms with Gasteiger partial charge in [0.1, 0.15) is 19.0 Å². The number of anilines is 1. The number of nitrogens with zero attached hydrogens (tertiary/aromatic N) is 1. The van der Waals surface area contributed by atoms with Crippen molar-refractivity contribution in [2.45, 2.75) is 11.4 Å². The Kier molecular flexibility index (Phi) is 6.41. The maximum atomic E-state index is 13.0. The molecular weight excluding hydrogens is 444 g/mol. The van der Waals surface area contributed by atoms with Gasteiger partial charge >= 0.3 is 0 Å². The van der Waals surface area contributed by atoms with Crippen LogP contribution < -0.4 is 18.9 Å². The first-order chi connectivity index (χ1) is 15.9. The van der Waals surface area contributed by atoms with Crippen LogP contribution in [0.1, 0.15) is 15.9 Å². The van der Waals surface area contributed by atoms with Crippen molar-refractivity contribution < 1.29 is 27.4 Å². The molecule has 0 aliphatic carbocycles. The van der Waals surface area contributed by atoms with Gasteiger partial charge in [-0.25, -0.2) is 8.42 Å². The number of carbonyl (C=O) groups is 1. The van der Waals surface area contributed by atoms with E-state index >= 15 is 0 Å². The van der Waals surface area contributed by atoms with Gasteiger partial charge in [-0.2, -0.15) is 0 Å². The van der Waals surface area contributed by atoms with Crippen LogP contribution in [-0.2, 0) is 16.6 Å². The number of nitrogens with one attached hydrogen (secondary N) is 1. The first-order valence-corrected chi connectivity index (χ1v) is 11.8. The van der Waals surface area contributed by atoms with Crippen molar-refractivity contribution in [3.05, 3.63) is 77.9 Å². The highest BCUT2D eigenvalue weighted by Gasteiger charge is 2.20. The minimum atomic E-state index is -3.93. The molecule has 1 aliphatic rings. The number of sulfonamides is 1. The molecule has 0 bridgehead atoms. The molecule has 0 unspecified atom stereocenters. The molecule has 1 heterocycles. The number of rotatable bonds is 7. The van der Waals surface area contributed by atoms with Crippen LogP contribution in [0.5, 0.6) is 17.2 Å². The van der Waals surface area contributed by atoms with Crippen LogP contribution in [0.4, 0.5) is 5.69 Å². The van der Waals surface area contributed by atoms with Gasteiger partial charge < -0.3 is 19.1 Å². The molecule has 8 nitrogen and oxygen atoms in total. The van der Waals surface area contributed by atoms with Gasteiger partial charge in [0.15, 0.2) is 11.5 Å². The number of hydrogen-bond acceptors (Lipinski definition) is 6. The quantitative estimate of drug-likeness (QED) is 0.570. The summed E-state index contributed by atoms with van der Waals surface area (Å²) < 4.78 is 44.7. The molecule has 0 saturated carbocycles. The Labute approximate surface area is 192 Å². The summed E-state index contributed by atoms with van der Waals surface area (Å²) in [6.07, 6.45) is 0. The average Bonchev–Trinajstić information content (AvgIpc) is 2.83. The van der Waals surface area contributed by atoms with E-state index in [2.05, 4.69) is 4.72 Å². The standard InChI is InChI=1S/C24H24N2O6S/c1-26(16-17-10-11-22-23(14-17)32-13-12-31-22)24(27)18-6-5-7-19(15-18)33(28,29)25-20-8-3-4-9-21(20)30-2/h3-11,14-15,25H,12-13,16H2,1-2H3. The van der Waals surface area contributed by atoms with E-state index in [1.807, 2.05) is 18.2 Å². The maximum Gasteiger partial charge on any atom is 0.262 e. The molecule has 3 aromatic rings. The van der Waals surface area contributed by atoms with Gasteiger partial charge in [0.2, 0.25) is 0 Å². The van der Waals surface area contributed by atoms with Crippen LogP contribution in [0.15, 0.2) is 71.6 Å². The SMILES string of the molecule is COc1ccccc1NS(=O)(=O)c1cccc(C(=O)N(C)Cc2ccc3c(c2)OCCO3)c1. The fourth-order valence-electron chi connectivity index (χ4n) is 3.48. The molecule has 0 atom stereocenters. The summed E-state index contributed by atoms with van der Waals surface area (Å²) in [4.78, 5) is 14.5. The zero-order chi connectivity index (χ0) is 23.4. The van der Waals surface area contributed by atoms with Gasteiger partial charge in [-0.05, 0) is 48.0 Å². The van der Waals surface area contributed by atoms with Crippen molar-refractivity contribution in [1.29, 1.82) is 0 Å². The van der Waals surface area contributed by atoms with E-state index in [1.54, 1.807) is 43.4 Å². The lowest BCUT2D eigenvalue weighted by atomic mass is 10.1. The Morgan fingerprint density at radius 1 is 1.00 bits per heavy atom. The van der Waals surface area contributed by atoms with E-state index in [0.29, 0.717) is 42.7 Å². The van der Waals surface area contributed by atoms with Crippen molar-refractivity contribution >= 4 is 21.6 Å². The van der Waals surface area contributed by atoms with Gasteiger partial charge in [-0.3, -0.25) is 9.52 Å². The molecule has 0 aromatic heterocycles. The highest BCUT2D eigenvalue weighted by molar-refractivity contribution is 7.92. The third-order valence-electron chi connectivity index (χ3n) is 5.12. The number of fused-ring (bicyclic) bond motifs is 1. The second-order valence-electron chi connectivity index (χ2n) is 7.47. The monoisotopic (exact) mass is 468 g/mol. The van der Waals surface area contributed by atoms with Gasteiger partial charge in [-0.1, -0.05) is 24.3 Å². The highest BCUT2D eigenvalue weighted by atomic mass is 32.2. The molecule has 0 saturated heterocycles. The third kappa shape index (κ3) is 5.04. The van der Waals surface area contributed by atoms with Crippen LogP contribution >= 0.6 is 0 Å². The lowest BCUT2D eigenvalue weighted by Gasteiger charge is -2.21. The second-order valence-corrected chi connectivity index (χ2v) is 9.16. The fraction of sp³-hybridized carbons (Fsp3) is 0.208. The summed E-state index contributed by atoms with van der Waals surface area (Å²) in [6.45, 7) is 1.32. The largest absolute Gasteiger partial charge is 0.495 e. The maximum absolute atomic E-state index is 13.0. The van der Waals surface area contributed by atoms with Gasteiger partial charge in [-0.15, -0.1) is 0 Å². The van der Waals surface area contributed by atoms with Crippen LogP contribution in [0, 0.1) is 0 Å². The molecule has 33 heavy (non-hydrogen) atoms. The molecule has 9 heteroatoms. The lowest BCUT2D eigenvalue weighted by molar-refractivity contribution is 0.0784. The van der Waals surface area contributed by atoms with Crippen LogP contribution in [-0.4, -0.2) is 46.6 Å². The highest BCUT2D eigenvalue weighted by Crippen LogP contribution is 2.31. The second kappa shape index (κ2) is 9.41. The number of benzene rings is 3. The van der Waals surface area contributed by atoms with Crippen LogP contribution in [0.2, 0.25) is 0 Å². The summed E-state index contributed by atoms with van der Waals surface area (Å²) in [6, 6.07) is 18.2. The van der Waals surface area contributed by atoms with Gasteiger partial charge in [0, 0.05) is 19.2 Å². The molecular formula is C24H24N2O6S. The summed E-state index contributed by atoms with van der Waals surface area (Å²) in [5.41, 5.74) is 1.45. The average molecular weight is 469 g/mol. The predicted octanol–water partition coefficient (Wildman–Crippen LogP) is 3.54. The molecule has 4 rings (SSSR count). The molecule has 0 fully saturated rings. The summed E-state index contributed by atoms with van der Waals surface area (Å²) >= 11 is 0.